The number of nitrogens with zero attached hydrogens (tertiary/aromatic N) is 2. The quantitative estimate of drug-likeness (QED) is 0.0649. The molecule has 0 atom stereocenters. The second-order valence-electron chi connectivity index (χ2n) is 16.6. The number of hydrogen-bond acceptors (Lipinski definition) is 11. The van der Waals surface area contributed by atoms with Crippen molar-refractivity contribution in [1.82, 2.24) is 9.80 Å². The Labute approximate surface area is 452 Å². The van der Waals surface area contributed by atoms with Crippen LogP contribution in [0, 0.1) is 10.8 Å². The van der Waals surface area contributed by atoms with Crippen LogP contribution in [0.25, 0.3) is 0 Å². The first-order valence-electron chi connectivity index (χ1n) is 21.6. The molecule has 4 aromatic rings. The standard InChI is InChI=1S/C15H20BrNO3.C14H18BrNO3.C11H13BrO2.C7H5BrO.C4H9NO2.ClH/c1-15(2,3)14(19)17(10-13(18)20-4)9-11-7-5-6-8-12(11)16;1-14(2,3)13(19)16(9-12(17)18)8-10-6-4-5-7-11(10)15;1-14-11(13)8-4-6-9-5-2-3-7-10(9)12;8-7-4-2-1-3-6(7)5-9;1-2-7-4(6)3-5;/h5-8H,9-10H2,1-4H3;4-7H,8-9H2,1-3H3,(H,17,18);2-3,5,7H,4,6,8H2,1H3;1-5H;2-3,5H2,1H3;1H. The highest BCUT2D eigenvalue weighted by Gasteiger charge is 2.30. The van der Waals surface area contributed by atoms with Gasteiger partial charge in [-0.2, -0.15) is 0 Å². The fraction of sp³-hybridized carbons (Fsp3) is 0.392. The number of halogens is 5. The van der Waals surface area contributed by atoms with Crippen LogP contribution in [0.3, 0.4) is 0 Å². The van der Waals surface area contributed by atoms with E-state index in [1.165, 1.54) is 29.6 Å². The minimum atomic E-state index is -1.01. The molecule has 0 saturated carbocycles. The number of carboxylic acids is 1. The van der Waals surface area contributed by atoms with Crippen molar-refractivity contribution in [2.24, 2.45) is 16.6 Å². The number of nitrogens with two attached hydrogens (primary N) is 1. The second-order valence-corrected chi connectivity index (χ2v) is 20.1. The van der Waals surface area contributed by atoms with E-state index in [9.17, 15) is 33.6 Å². The molecule has 19 heteroatoms. The fourth-order valence-electron chi connectivity index (χ4n) is 5.41. The zero-order valence-electron chi connectivity index (χ0n) is 41.1. The van der Waals surface area contributed by atoms with Gasteiger partial charge in [-0.05, 0) is 60.7 Å². The van der Waals surface area contributed by atoms with Gasteiger partial charge in [0.25, 0.3) is 0 Å². The Hall–Kier alpha value is -4.46. The maximum absolute atomic E-state index is 12.4. The molecular weight excluding hydrogens is 1190 g/mol. The molecule has 0 unspecified atom stereocenters. The van der Waals surface area contributed by atoms with Crippen molar-refractivity contribution in [2.75, 3.05) is 40.5 Å². The molecule has 0 radical (unpaired) electrons. The third kappa shape index (κ3) is 29.0. The van der Waals surface area contributed by atoms with Gasteiger partial charge in [0.1, 0.15) is 13.1 Å². The number of rotatable bonds is 15. The summed E-state index contributed by atoms with van der Waals surface area (Å²) in [7, 11) is 2.74. The minimum Gasteiger partial charge on any atom is -0.480 e. The number of aryl methyl sites for hydroxylation is 1. The molecule has 0 aliphatic carbocycles. The molecule has 0 aliphatic heterocycles. The molecule has 3 N–H and O–H groups in total. The molecule has 4 aromatic carbocycles. The van der Waals surface area contributed by atoms with E-state index in [4.69, 9.17) is 10.8 Å². The van der Waals surface area contributed by atoms with Crippen LogP contribution in [-0.2, 0) is 62.5 Å². The summed E-state index contributed by atoms with van der Waals surface area (Å²) in [5.41, 5.74) is 7.50. The molecule has 4 rings (SSSR count). The lowest BCUT2D eigenvalue weighted by Crippen LogP contribution is -2.42. The summed E-state index contributed by atoms with van der Waals surface area (Å²) in [6, 6.07) is 30.5. The van der Waals surface area contributed by atoms with E-state index >= 15 is 0 Å². The summed E-state index contributed by atoms with van der Waals surface area (Å²) in [4.78, 5) is 81.1. The fourth-order valence-corrected chi connectivity index (χ4v) is 7.09. The first kappa shape index (κ1) is 67.6. The Morgan fingerprint density at radius 1 is 0.600 bits per heavy atom. The highest BCUT2D eigenvalue weighted by molar-refractivity contribution is 9.11. The number of carbonyl (C=O) groups is 7. The van der Waals surface area contributed by atoms with Crippen molar-refractivity contribution >= 4 is 118 Å². The summed E-state index contributed by atoms with van der Waals surface area (Å²) < 4.78 is 17.4. The van der Waals surface area contributed by atoms with Gasteiger partial charge in [0.2, 0.25) is 11.8 Å². The van der Waals surface area contributed by atoms with Gasteiger partial charge in [0.05, 0.1) is 27.4 Å². The molecular formula is C51H66Br4ClN3O11. The molecule has 0 fully saturated rings. The van der Waals surface area contributed by atoms with Crippen LogP contribution in [0.5, 0.6) is 0 Å². The predicted molar refractivity (Wildman–Crippen MR) is 289 cm³/mol. The van der Waals surface area contributed by atoms with E-state index in [1.807, 2.05) is 106 Å². The molecule has 0 spiro atoms. The summed E-state index contributed by atoms with van der Waals surface area (Å²) in [6.45, 7) is 13.3. The summed E-state index contributed by atoms with van der Waals surface area (Å²) in [6.07, 6.45) is 3.04. The van der Waals surface area contributed by atoms with Gasteiger partial charge in [-0.1, -0.05) is 178 Å². The molecule has 70 heavy (non-hydrogen) atoms. The van der Waals surface area contributed by atoms with Gasteiger partial charge >= 0.3 is 23.9 Å². The molecule has 0 aromatic heterocycles. The van der Waals surface area contributed by atoms with E-state index in [0.717, 1.165) is 48.1 Å². The van der Waals surface area contributed by atoms with Crippen molar-refractivity contribution in [3.8, 4) is 0 Å². The van der Waals surface area contributed by atoms with Crippen LogP contribution in [0.4, 0.5) is 0 Å². The summed E-state index contributed by atoms with van der Waals surface area (Å²) in [5, 5.41) is 8.94. The van der Waals surface area contributed by atoms with Crippen molar-refractivity contribution in [3.63, 3.8) is 0 Å². The van der Waals surface area contributed by atoms with Crippen molar-refractivity contribution in [1.29, 1.82) is 0 Å². The number of aldehydes is 1. The summed E-state index contributed by atoms with van der Waals surface area (Å²) in [5.74, 6) is -2.18. The Bertz CT molecular complexity index is 2250. The lowest BCUT2D eigenvalue weighted by atomic mass is 9.94. The van der Waals surface area contributed by atoms with Crippen LogP contribution >= 0.6 is 76.1 Å². The van der Waals surface area contributed by atoms with E-state index < -0.39 is 22.8 Å². The molecule has 2 amide bonds. The third-order valence-electron chi connectivity index (χ3n) is 8.89. The normalized spacial score (nSPS) is 10.1. The lowest BCUT2D eigenvalue weighted by Gasteiger charge is -2.29. The van der Waals surface area contributed by atoms with Gasteiger partial charge in [-0.25, -0.2) is 0 Å². The van der Waals surface area contributed by atoms with Gasteiger partial charge in [-0.3, -0.25) is 33.6 Å². The number of hydrogen-bond donors (Lipinski definition) is 2. The number of amides is 2. The number of aliphatic carboxylic acids is 1. The number of carboxylic acid groups (broad SMARTS) is 1. The van der Waals surface area contributed by atoms with E-state index in [0.29, 0.717) is 25.1 Å². The van der Waals surface area contributed by atoms with Crippen LogP contribution in [0.1, 0.15) is 88.4 Å². The average Bonchev–Trinajstić information content (AvgIpc) is 3.30. The smallest absolute Gasteiger partial charge is 0.325 e. The van der Waals surface area contributed by atoms with Gasteiger partial charge < -0.3 is 34.9 Å². The molecule has 0 aliphatic rings. The maximum Gasteiger partial charge on any atom is 0.325 e. The Morgan fingerprint density at radius 3 is 1.30 bits per heavy atom. The van der Waals surface area contributed by atoms with E-state index in [-0.39, 0.29) is 62.3 Å². The minimum absolute atomic E-state index is 0. The molecule has 386 valence electrons. The SMILES string of the molecule is CC(C)(C)C(=O)N(CC(=O)O)Cc1ccccc1Br.CCOC(=O)CN.COC(=O)CCCc1ccccc1Br.COC(=O)CN(Cc1ccccc1Br)C(=O)C(C)(C)C.Cl.O=Cc1ccccc1Br. The van der Waals surface area contributed by atoms with E-state index in [2.05, 4.69) is 84.0 Å². The van der Waals surface area contributed by atoms with Crippen molar-refractivity contribution < 1.29 is 52.9 Å². The van der Waals surface area contributed by atoms with Crippen molar-refractivity contribution in [3.05, 3.63) is 137 Å². The Balaban J connectivity index is 0. The van der Waals surface area contributed by atoms with Crippen LogP contribution < -0.4 is 5.73 Å². The first-order chi connectivity index (χ1) is 32.4. The predicted octanol–water partition coefficient (Wildman–Crippen LogP) is 11.0. The third-order valence-corrected chi connectivity index (χ3v) is 11.9. The average molecular weight is 1250 g/mol. The number of ether oxygens (including phenoxy) is 3. The maximum atomic E-state index is 12.4. The first-order valence-corrected chi connectivity index (χ1v) is 24.7. The number of carbonyl (C=O) groups excluding carboxylic acids is 6. The number of esters is 3. The summed E-state index contributed by atoms with van der Waals surface area (Å²) >= 11 is 13.5. The second kappa shape index (κ2) is 36.5. The molecule has 0 heterocycles. The molecule has 0 saturated heterocycles. The van der Waals surface area contributed by atoms with Gasteiger partial charge in [0.15, 0.2) is 6.29 Å². The topological polar surface area (TPSA) is 200 Å². The van der Waals surface area contributed by atoms with E-state index in [1.54, 1.807) is 33.8 Å². The van der Waals surface area contributed by atoms with Crippen LogP contribution in [-0.4, -0.2) is 97.3 Å². The lowest BCUT2D eigenvalue weighted by molar-refractivity contribution is -0.150. The molecule has 14 nitrogen and oxygen atoms in total. The number of methoxy groups -OCH3 is 2. The highest BCUT2D eigenvalue weighted by Crippen LogP contribution is 2.24. The Morgan fingerprint density at radius 2 is 0.986 bits per heavy atom. The zero-order chi connectivity index (χ0) is 52.7. The highest BCUT2D eigenvalue weighted by atomic mass is 79.9. The number of benzene rings is 4. The zero-order valence-corrected chi connectivity index (χ0v) is 48.3. The van der Waals surface area contributed by atoms with Crippen LogP contribution in [0.15, 0.2) is 115 Å². The largest absolute Gasteiger partial charge is 0.480 e. The van der Waals surface area contributed by atoms with Gasteiger partial charge in [-0.15, -0.1) is 12.4 Å². The molecule has 0 bridgehead atoms. The van der Waals surface area contributed by atoms with Crippen LogP contribution in [0.2, 0.25) is 0 Å². The van der Waals surface area contributed by atoms with Gasteiger partial charge in [0, 0.05) is 53.8 Å². The Kier molecular flexibility index (Phi) is 35.2. The monoisotopic (exact) mass is 1250 g/mol. The van der Waals surface area contributed by atoms with Crippen molar-refractivity contribution in [2.45, 2.75) is 80.8 Å².